The van der Waals surface area contributed by atoms with Crippen LogP contribution in [0.5, 0.6) is 0 Å². The lowest BCUT2D eigenvalue weighted by molar-refractivity contribution is -0.206. The third-order valence-electron chi connectivity index (χ3n) is 2.68. The number of oxime groups is 1. The number of carbonyl (C=O) groups is 1. The van der Waals surface area contributed by atoms with E-state index >= 15 is 0 Å². The fraction of sp³-hybridized carbons (Fsp3) is 0.778. The molecule has 0 bridgehead atoms. The van der Waals surface area contributed by atoms with Crippen molar-refractivity contribution >= 4 is 12.0 Å². The van der Waals surface area contributed by atoms with Gasteiger partial charge in [0, 0.05) is 0 Å². The SMILES string of the molecule is CC1(C)O[C@@H]2O[C@H]3C(C=O)=NO[C@H]3[C@@H]2O1. The van der Waals surface area contributed by atoms with Gasteiger partial charge >= 0.3 is 0 Å². The van der Waals surface area contributed by atoms with Crippen molar-refractivity contribution in [2.45, 2.75) is 44.2 Å². The van der Waals surface area contributed by atoms with Gasteiger partial charge in [0.05, 0.1) is 0 Å². The molecule has 0 saturated carbocycles. The van der Waals surface area contributed by atoms with E-state index in [1.54, 1.807) is 13.8 Å². The van der Waals surface area contributed by atoms with E-state index < -0.39 is 18.2 Å². The van der Waals surface area contributed by atoms with E-state index in [1.807, 2.05) is 0 Å². The lowest BCUT2D eigenvalue weighted by Crippen LogP contribution is -2.35. The van der Waals surface area contributed by atoms with Gasteiger partial charge in [-0.05, 0) is 13.8 Å². The predicted octanol–water partition coefficient (Wildman–Crippen LogP) is -0.184. The number of fused-ring (bicyclic) bond motifs is 3. The minimum Gasteiger partial charge on any atom is -0.386 e. The van der Waals surface area contributed by atoms with Crippen LogP contribution in [0.2, 0.25) is 0 Å². The highest BCUT2D eigenvalue weighted by Crippen LogP contribution is 2.40. The summed E-state index contributed by atoms with van der Waals surface area (Å²) in [6, 6.07) is 0. The van der Waals surface area contributed by atoms with Crippen LogP contribution in [0.3, 0.4) is 0 Å². The number of rotatable bonds is 1. The number of hydrogen-bond acceptors (Lipinski definition) is 6. The van der Waals surface area contributed by atoms with Gasteiger partial charge in [-0.15, -0.1) is 0 Å². The molecule has 2 fully saturated rings. The van der Waals surface area contributed by atoms with Crippen LogP contribution in [0.4, 0.5) is 0 Å². The Hall–Kier alpha value is -0.980. The van der Waals surface area contributed by atoms with E-state index in [1.165, 1.54) is 0 Å². The minimum atomic E-state index is -0.673. The lowest BCUT2D eigenvalue weighted by Gasteiger charge is -2.20. The maximum absolute atomic E-state index is 10.6. The first-order chi connectivity index (χ1) is 7.11. The second kappa shape index (κ2) is 2.78. The molecule has 3 heterocycles. The molecule has 0 aromatic heterocycles. The molecule has 0 N–H and O–H groups in total. The molecule has 3 rings (SSSR count). The molecule has 2 saturated heterocycles. The average molecular weight is 213 g/mol. The van der Waals surface area contributed by atoms with E-state index in [2.05, 4.69) is 5.16 Å². The Bertz CT molecular complexity index is 339. The van der Waals surface area contributed by atoms with Gasteiger partial charge in [0.15, 0.2) is 42.4 Å². The molecule has 6 heteroatoms. The molecule has 3 aliphatic rings. The topological polar surface area (TPSA) is 66.4 Å². The van der Waals surface area contributed by atoms with Crippen LogP contribution in [-0.2, 0) is 23.8 Å². The van der Waals surface area contributed by atoms with Crippen molar-refractivity contribution in [3.8, 4) is 0 Å². The van der Waals surface area contributed by atoms with Crippen LogP contribution in [0.1, 0.15) is 13.8 Å². The molecule has 0 aromatic carbocycles. The molecular weight excluding hydrogens is 202 g/mol. The van der Waals surface area contributed by atoms with Crippen LogP contribution in [-0.4, -0.2) is 42.4 Å². The van der Waals surface area contributed by atoms with Gasteiger partial charge in [0.25, 0.3) is 0 Å². The van der Waals surface area contributed by atoms with Crippen LogP contribution < -0.4 is 0 Å². The molecular formula is C9H11NO5. The largest absolute Gasteiger partial charge is 0.386 e. The smallest absolute Gasteiger partial charge is 0.192 e. The van der Waals surface area contributed by atoms with Crippen LogP contribution >= 0.6 is 0 Å². The van der Waals surface area contributed by atoms with Crippen molar-refractivity contribution in [3.63, 3.8) is 0 Å². The van der Waals surface area contributed by atoms with Crippen molar-refractivity contribution in [1.29, 1.82) is 0 Å². The number of carbonyl (C=O) groups excluding carboxylic acids is 1. The molecule has 0 aliphatic carbocycles. The summed E-state index contributed by atoms with van der Waals surface area (Å²) in [6.45, 7) is 3.61. The Morgan fingerprint density at radius 2 is 2.13 bits per heavy atom. The van der Waals surface area contributed by atoms with Gasteiger partial charge in [0.1, 0.15) is 0 Å². The average Bonchev–Trinajstić information content (AvgIpc) is 2.73. The van der Waals surface area contributed by atoms with Crippen molar-refractivity contribution < 1.29 is 23.8 Å². The Balaban J connectivity index is 1.82. The first-order valence-corrected chi connectivity index (χ1v) is 4.81. The Morgan fingerprint density at radius 3 is 2.87 bits per heavy atom. The maximum atomic E-state index is 10.6. The summed E-state index contributed by atoms with van der Waals surface area (Å²) >= 11 is 0. The quantitative estimate of drug-likeness (QED) is 0.565. The van der Waals surface area contributed by atoms with Gasteiger partial charge in [0.2, 0.25) is 0 Å². The fourth-order valence-corrected chi connectivity index (χ4v) is 2.09. The zero-order chi connectivity index (χ0) is 10.6. The first-order valence-electron chi connectivity index (χ1n) is 4.81. The van der Waals surface area contributed by atoms with Gasteiger partial charge in [-0.2, -0.15) is 0 Å². The number of aldehydes is 1. The summed E-state index contributed by atoms with van der Waals surface area (Å²) in [5.41, 5.74) is 0.263. The number of hydrogen-bond donors (Lipinski definition) is 0. The van der Waals surface area contributed by atoms with Gasteiger partial charge in [-0.3, -0.25) is 4.79 Å². The Morgan fingerprint density at radius 1 is 1.33 bits per heavy atom. The van der Waals surface area contributed by atoms with Crippen molar-refractivity contribution in [3.05, 3.63) is 0 Å². The third kappa shape index (κ3) is 1.22. The predicted molar refractivity (Wildman–Crippen MR) is 47.1 cm³/mol. The summed E-state index contributed by atoms with van der Waals surface area (Å²) in [5, 5.41) is 3.63. The highest BCUT2D eigenvalue weighted by Gasteiger charge is 2.59. The number of ether oxygens (including phenoxy) is 3. The molecule has 3 aliphatic heterocycles. The maximum Gasteiger partial charge on any atom is 0.192 e. The molecule has 82 valence electrons. The molecule has 15 heavy (non-hydrogen) atoms. The third-order valence-corrected chi connectivity index (χ3v) is 2.68. The molecule has 0 aromatic rings. The van der Waals surface area contributed by atoms with E-state index in [0.29, 0.717) is 6.29 Å². The van der Waals surface area contributed by atoms with Crippen molar-refractivity contribution in [1.82, 2.24) is 0 Å². The molecule has 0 radical (unpaired) electrons. The minimum absolute atomic E-state index is 0.263. The highest BCUT2D eigenvalue weighted by atomic mass is 16.9. The van der Waals surface area contributed by atoms with Crippen LogP contribution in [0, 0.1) is 0 Å². The van der Waals surface area contributed by atoms with Gasteiger partial charge in [-0.25, -0.2) is 0 Å². The molecule has 0 amide bonds. The second-order valence-electron chi connectivity index (χ2n) is 4.23. The lowest BCUT2D eigenvalue weighted by atomic mass is 10.1. The fourth-order valence-electron chi connectivity index (χ4n) is 2.09. The number of nitrogens with zero attached hydrogens (tertiary/aromatic N) is 1. The van der Waals surface area contributed by atoms with E-state index in [4.69, 9.17) is 19.0 Å². The van der Waals surface area contributed by atoms with Gasteiger partial charge in [-0.1, -0.05) is 5.16 Å². The van der Waals surface area contributed by atoms with Crippen LogP contribution in [0.15, 0.2) is 5.16 Å². The van der Waals surface area contributed by atoms with E-state index in [-0.39, 0.29) is 17.9 Å². The summed E-state index contributed by atoms with van der Waals surface area (Å²) < 4.78 is 16.6. The van der Waals surface area contributed by atoms with E-state index in [0.717, 1.165) is 0 Å². The Labute approximate surface area is 86.1 Å². The summed E-state index contributed by atoms with van der Waals surface area (Å²) in [7, 11) is 0. The van der Waals surface area contributed by atoms with Crippen molar-refractivity contribution in [2.75, 3.05) is 0 Å². The zero-order valence-electron chi connectivity index (χ0n) is 8.38. The van der Waals surface area contributed by atoms with E-state index in [9.17, 15) is 4.79 Å². The molecule has 4 atom stereocenters. The molecule has 6 nitrogen and oxygen atoms in total. The monoisotopic (exact) mass is 213 g/mol. The summed E-state index contributed by atoms with van der Waals surface area (Å²) in [5.74, 6) is -0.673. The van der Waals surface area contributed by atoms with Crippen molar-refractivity contribution in [2.24, 2.45) is 5.16 Å². The zero-order valence-corrected chi connectivity index (χ0v) is 8.38. The standard InChI is InChI=1S/C9H11NO5/c1-9(2)13-7-6-5(12-8(7)14-9)4(3-11)10-15-6/h3,5-8H,1-2H3/t5-,6+,7-,8-/m0/s1. The second-order valence-corrected chi connectivity index (χ2v) is 4.23. The van der Waals surface area contributed by atoms with Crippen LogP contribution in [0.25, 0.3) is 0 Å². The van der Waals surface area contributed by atoms with Gasteiger partial charge < -0.3 is 19.0 Å². The Kier molecular flexibility index (Phi) is 1.72. The molecule has 0 unspecified atom stereocenters. The highest BCUT2D eigenvalue weighted by molar-refractivity contribution is 6.31. The normalized spacial score (nSPS) is 45.6. The summed E-state index contributed by atoms with van der Waals surface area (Å²) in [6.07, 6.45) is -0.964. The first kappa shape index (κ1) is 9.26. The molecule has 0 spiro atoms. The summed E-state index contributed by atoms with van der Waals surface area (Å²) in [4.78, 5) is 15.7.